The van der Waals surface area contributed by atoms with E-state index in [2.05, 4.69) is 4.90 Å². The Bertz CT molecular complexity index is 538. The SMILES string of the molecule is CN1CC[C@H](c2ccc(Cl)cc2)[C@@H](CS(=O)CC(=O)[NH2+][O-])C1. The third kappa shape index (κ3) is 4.86. The van der Waals surface area contributed by atoms with Crippen molar-refractivity contribution < 1.29 is 14.5 Å². The molecule has 2 rings (SSSR count). The number of carbonyl (C=O) groups is 1. The molecule has 0 bridgehead atoms. The Labute approximate surface area is 138 Å². The Morgan fingerprint density at radius 1 is 1.45 bits per heavy atom. The molecule has 3 atom stereocenters. The third-order valence-electron chi connectivity index (χ3n) is 4.07. The summed E-state index contributed by atoms with van der Waals surface area (Å²) in [6.45, 7) is 1.83. The third-order valence-corrected chi connectivity index (χ3v) is 5.73. The lowest BCUT2D eigenvalue weighted by Crippen LogP contribution is -2.83. The molecule has 1 heterocycles. The van der Waals surface area contributed by atoms with Crippen LogP contribution < -0.4 is 5.48 Å². The number of carbonyl (C=O) groups excluding carboxylic acids is 1. The van der Waals surface area contributed by atoms with Crippen LogP contribution >= 0.6 is 11.6 Å². The quantitative estimate of drug-likeness (QED) is 0.798. The average Bonchev–Trinajstić information content (AvgIpc) is 2.48. The Kier molecular flexibility index (Phi) is 6.52. The second-order valence-corrected chi connectivity index (χ2v) is 7.74. The van der Waals surface area contributed by atoms with E-state index < -0.39 is 16.7 Å². The summed E-state index contributed by atoms with van der Waals surface area (Å²) in [5.74, 6) is 0.198. The van der Waals surface area contributed by atoms with Crippen LogP contribution in [-0.4, -0.2) is 46.7 Å². The molecule has 5 nitrogen and oxygen atoms in total. The van der Waals surface area contributed by atoms with Gasteiger partial charge < -0.3 is 15.6 Å². The van der Waals surface area contributed by atoms with Crippen LogP contribution in [0.1, 0.15) is 17.9 Å². The van der Waals surface area contributed by atoms with Gasteiger partial charge in [-0.05, 0) is 49.5 Å². The van der Waals surface area contributed by atoms with Crippen LogP contribution in [0.2, 0.25) is 5.02 Å². The predicted molar refractivity (Wildman–Crippen MR) is 88.0 cm³/mol. The van der Waals surface area contributed by atoms with Gasteiger partial charge in [-0.3, -0.25) is 4.21 Å². The fourth-order valence-corrected chi connectivity index (χ4v) is 4.47. The molecule has 1 saturated heterocycles. The number of halogens is 1. The van der Waals surface area contributed by atoms with Gasteiger partial charge in [-0.25, -0.2) is 4.79 Å². The maximum Gasteiger partial charge on any atom is 0.322 e. The zero-order valence-electron chi connectivity index (χ0n) is 12.5. The van der Waals surface area contributed by atoms with Crippen molar-refractivity contribution in [1.82, 2.24) is 4.90 Å². The van der Waals surface area contributed by atoms with Crippen LogP contribution in [0.4, 0.5) is 0 Å². The fourth-order valence-electron chi connectivity index (χ4n) is 3.02. The van der Waals surface area contributed by atoms with Crippen molar-refractivity contribution in [1.29, 1.82) is 0 Å². The van der Waals surface area contributed by atoms with E-state index in [1.54, 1.807) is 0 Å². The number of nitrogens with two attached hydrogens (primary N) is 1. The first-order valence-electron chi connectivity index (χ1n) is 7.26. The van der Waals surface area contributed by atoms with Gasteiger partial charge in [-0.2, -0.15) is 0 Å². The van der Waals surface area contributed by atoms with Crippen LogP contribution in [-0.2, 0) is 15.6 Å². The van der Waals surface area contributed by atoms with Gasteiger partial charge in [0, 0.05) is 28.1 Å². The van der Waals surface area contributed by atoms with E-state index >= 15 is 0 Å². The largest absolute Gasteiger partial charge is 0.628 e. The van der Waals surface area contributed by atoms with Gasteiger partial charge >= 0.3 is 5.91 Å². The Balaban J connectivity index is 2.08. The van der Waals surface area contributed by atoms with Gasteiger partial charge in [-0.1, -0.05) is 23.7 Å². The second kappa shape index (κ2) is 8.17. The van der Waals surface area contributed by atoms with Gasteiger partial charge in [-0.15, -0.1) is 0 Å². The van der Waals surface area contributed by atoms with Crippen LogP contribution in [0.25, 0.3) is 0 Å². The van der Waals surface area contributed by atoms with E-state index in [1.165, 1.54) is 5.56 Å². The number of rotatable bonds is 5. The summed E-state index contributed by atoms with van der Waals surface area (Å²) in [7, 11) is 0.751. The number of primary amides is 1. The molecule has 0 aliphatic carbocycles. The van der Waals surface area contributed by atoms with Crippen molar-refractivity contribution in [2.45, 2.75) is 12.3 Å². The van der Waals surface area contributed by atoms with Crippen molar-refractivity contribution in [3.05, 3.63) is 40.1 Å². The number of nitrogens with zero attached hydrogens (tertiary/aromatic N) is 1. The highest BCUT2D eigenvalue weighted by Gasteiger charge is 2.30. The van der Waals surface area contributed by atoms with E-state index in [4.69, 9.17) is 11.6 Å². The summed E-state index contributed by atoms with van der Waals surface area (Å²) >= 11 is 5.94. The molecule has 1 fully saturated rings. The van der Waals surface area contributed by atoms with Crippen molar-refractivity contribution in [3.63, 3.8) is 0 Å². The van der Waals surface area contributed by atoms with Crippen molar-refractivity contribution in [2.75, 3.05) is 31.6 Å². The number of piperidine rings is 1. The summed E-state index contributed by atoms with van der Waals surface area (Å²) in [5, 5.41) is 11.1. The van der Waals surface area contributed by atoms with Crippen LogP contribution in [0.15, 0.2) is 24.3 Å². The van der Waals surface area contributed by atoms with E-state index in [1.807, 2.05) is 31.3 Å². The molecule has 122 valence electrons. The fraction of sp³-hybridized carbons (Fsp3) is 0.533. The number of hydroxylamine groups is 1. The first kappa shape index (κ1) is 17.6. The average molecular weight is 345 g/mol. The molecule has 1 aliphatic rings. The normalized spacial score (nSPS) is 24.1. The molecule has 0 saturated carbocycles. The Morgan fingerprint density at radius 3 is 2.77 bits per heavy atom. The molecule has 1 aromatic carbocycles. The molecular formula is C15H21ClN2O3S. The topological polar surface area (TPSA) is 77.0 Å². The summed E-state index contributed by atoms with van der Waals surface area (Å²) in [6, 6.07) is 7.79. The molecule has 1 unspecified atom stereocenters. The summed E-state index contributed by atoms with van der Waals surface area (Å²) in [5.41, 5.74) is 1.45. The minimum absolute atomic E-state index is 0.170. The van der Waals surface area contributed by atoms with Gasteiger partial charge in [0.1, 0.15) is 5.75 Å². The highest BCUT2D eigenvalue weighted by Crippen LogP contribution is 2.33. The number of quaternary nitrogens is 1. The summed E-state index contributed by atoms with van der Waals surface area (Å²) in [4.78, 5) is 13.3. The first-order valence-corrected chi connectivity index (χ1v) is 9.13. The molecule has 1 aromatic rings. The minimum atomic E-state index is -1.29. The van der Waals surface area contributed by atoms with Crippen LogP contribution in [0, 0.1) is 11.1 Å². The Hall–Kier alpha value is -0.790. The zero-order chi connectivity index (χ0) is 16.1. The molecular weight excluding hydrogens is 324 g/mol. The van der Waals surface area contributed by atoms with Gasteiger partial charge in [0.05, 0.1) is 0 Å². The lowest BCUT2D eigenvalue weighted by molar-refractivity contribution is -0.497. The molecule has 22 heavy (non-hydrogen) atoms. The van der Waals surface area contributed by atoms with E-state index in [-0.39, 0.29) is 17.2 Å². The number of hydrogen-bond donors (Lipinski definition) is 1. The van der Waals surface area contributed by atoms with Crippen LogP contribution in [0.3, 0.4) is 0 Å². The number of likely N-dealkylation sites (tertiary alicyclic amines) is 1. The molecule has 1 amide bonds. The second-order valence-electron chi connectivity index (χ2n) is 5.80. The monoisotopic (exact) mass is 344 g/mol. The highest BCUT2D eigenvalue weighted by molar-refractivity contribution is 7.85. The zero-order valence-corrected chi connectivity index (χ0v) is 14.1. The maximum atomic E-state index is 12.1. The highest BCUT2D eigenvalue weighted by atomic mass is 35.5. The molecule has 0 radical (unpaired) electrons. The number of benzene rings is 1. The molecule has 0 spiro atoms. The number of amides is 1. The lowest BCUT2D eigenvalue weighted by atomic mass is 9.81. The van der Waals surface area contributed by atoms with Crippen molar-refractivity contribution in [3.8, 4) is 0 Å². The number of hydrogen-bond acceptors (Lipinski definition) is 4. The summed E-state index contributed by atoms with van der Waals surface area (Å²) < 4.78 is 12.1. The predicted octanol–water partition coefficient (Wildman–Crippen LogP) is 0.712. The van der Waals surface area contributed by atoms with E-state index in [9.17, 15) is 14.2 Å². The standard InChI is InChI=1S/C15H21ClN2O3S/c1-18-7-6-14(11-2-4-13(16)5-3-11)12(8-18)9-22(21)10-15(19)17-20/h2-5,12,14H,6-10,17H2,1H3/t12-,14-,22?/m1/s1. The van der Waals surface area contributed by atoms with Gasteiger partial charge in [0.2, 0.25) is 0 Å². The summed E-state index contributed by atoms with van der Waals surface area (Å²) in [6.07, 6.45) is 0.988. The molecule has 1 aliphatic heterocycles. The minimum Gasteiger partial charge on any atom is -0.628 e. The molecule has 7 heteroatoms. The van der Waals surface area contributed by atoms with Crippen molar-refractivity contribution >= 4 is 28.3 Å². The first-order chi connectivity index (χ1) is 10.5. The van der Waals surface area contributed by atoms with E-state index in [0.29, 0.717) is 16.7 Å². The molecule has 2 N–H and O–H groups in total. The van der Waals surface area contributed by atoms with Crippen molar-refractivity contribution in [2.24, 2.45) is 5.92 Å². The molecule has 0 aromatic heterocycles. The van der Waals surface area contributed by atoms with Crippen LogP contribution in [0.5, 0.6) is 0 Å². The van der Waals surface area contributed by atoms with Gasteiger partial charge in [0.25, 0.3) is 0 Å². The van der Waals surface area contributed by atoms with Gasteiger partial charge in [0.15, 0.2) is 0 Å². The smallest absolute Gasteiger partial charge is 0.322 e. The lowest BCUT2D eigenvalue weighted by Gasteiger charge is -2.37. The maximum absolute atomic E-state index is 12.1. The van der Waals surface area contributed by atoms with E-state index in [0.717, 1.165) is 19.5 Å². The Morgan fingerprint density at radius 2 is 2.14 bits per heavy atom.